The number of carbonyl (C=O) groups is 2. The van der Waals surface area contributed by atoms with Crippen LogP contribution in [0.2, 0.25) is 0 Å². The highest BCUT2D eigenvalue weighted by atomic mass is 32.1. The van der Waals surface area contributed by atoms with E-state index in [1.807, 2.05) is 0 Å². The van der Waals surface area contributed by atoms with Gasteiger partial charge in [0, 0.05) is 0 Å². The van der Waals surface area contributed by atoms with Gasteiger partial charge in [-0.25, -0.2) is 14.2 Å². The number of nitrogens with one attached hydrogen (secondary N) is 1. The molecule has 0 saturated carbocycles. The minimum Gasteiger partial charge on any atom is -0.486 e. The first-order valence-electron chi connectivity index (χ1n) is 7.80. The molecule has 0 bridgehead atoms. The molecule has 0 aliphatic rings. The molecule has 27 heavy (non-hydrogen) atoms. The van der Waals surface area contributed by atoms with E-state index >= 15 is 0 Å². The van der Waals surface area contributed by atoms with Crippen molar-refractivity contribution in [2.24, 2.45) is 0 Å². The van der Waals surface area contributed by atoms with Gasteiger partial charge in [0.25, 0.3) is 5.91 Å². The molecule has 3 rings (SSSR count). The van der Waals surface area contributed by atoms with Crippen LogP contribution in [0.4, 0.5) is 9.52 Å². The Bertz CT molecular complexity index is 965. The van der Waals surface area contributed by atoms with Crippen LogP contribution in [-0.4, -0.2) is 24.0 Å². The number of halogens is 1. The van der Waals surface area contributed by atoms with E-state index in [9.17, 15) is 14.0 Å². The zero-order valence-corrected chi connectivity index (χ0v) is 15.3. The third kappa shape index (κ3) is 4.50. The Morgan fingerprint density at radius 3 is 2.67 bits per heavy atom. The number of methoxy groups -OCH3 is 1. The van der Waals surface area contributed by atoms with Crippen LogP contribution in [0.15, 0.2) is 40.8 Å². The van der Waals surface area contributed by atoms with E-state index in [0.29, 0.717) is 22.1 Å². The number of benzene rings is 1. The van der Waals surface area contributed by atoms with Gasteiger partial charge in [-0.2, -0.15) is 0 Å². The van der Waals surface area contributed by atoms with Crippen molar-refractivity contribution in [3.8, 4) is 5.75 Å². The molecule has 9 heteroatoms. The summed E-state index contributed by atoms with van der Waals surface area (Å²) in [6.45, 7) is 1.73. The monoisotopic (exact) mass is 390 g/mol. The standard InChI is InChI=1S/C18H15FN2O5S/c1-10-15(17(23)24-2)27-18(20-10)21-16(22)14-8-7-13(26-14)9-25-12-5-3-11(19)4-6-12/h3-8H,9H2,1-2H3,(H,20,21,22). The molecule has 2 heterocycles. The Kier molecular flexibility index (Phi) is 5.51. The van der Waals surface area contributed by atoms with Gasteiger partial charge in [-0.05, 0) is 43.3 Å². The van der Waals surface area contributed by atoms with Crippen LogP contribution < -0.4 is 10.1 Å². The lowest BCUT2D eigenvalue weighted by atomic mass is 10.3. The van der Waals surface area contributed by atoms with Crippen LogP contribution in [0.5, 0.6) is 5.75 Å². The van der Waals surface area contributed by atoms with Crippen LogP contribution in [0.3, 0.4) is 0 Å². The lowest BCUT2D eigenvalue weighted by Crippen LogP contribution is -2.10. The van der Waals surface area contributed by atoms with Gasteiger partial charge >= 0.3 is 5.97 Å². The van der Waals surface area contributed by atoms with Gasteiger partial charge in [-0.1, -0.05) is 11.3 Å². The number of rotatable bonds is 6. The van der Waals surface area contributed by atoms with Crippen LogP contribution >= 0.6 is 11.3 Å². The summed E-state index contributed by atoms with van der Waals surface area (Å²) < 4.78 is 28.4. The topological polar surface area (TPSA) is 90.7 Å². The predicted molar refractivity (Wildman–Crippen MR) is 95.6 cm³/mol. The first-order chi connectivity index (χ1) is 13.0. The van der Waals surface area contributed by atoms with E-state index in [2.05, 4.69) is 15.0 Å². The van der Waals surface area contributed by atoms with Crippen molar-refractivity contribution in [2.75, 3.05) is 12.4 Å². The van der Waals surface area contributed by atoms with Gasteiger partial charge in [0.1, 0.15) is 28.8 Å². The molecule has 1 amide bonds. The summed E-state index contributed by atoms with van der Waals surface area (Å²) in [5.41, 5.74) is 0.468. The van der Waals surface area contributed by atoms with Gasteiger partial charge in [0.05, 0.1) is 12.8 Å². The maximum Gasteiger partial charge on any atom is 0.350 e. The molecule has 7 nitrogen and oxygen atoms in total. The van der Waals surface area contributed by atoms with Crippen LogP contribution in [0.1, 0.15) is 31.7 Å². The fraction of sp³-hybridized carbons (Fsp3) is 0.167. The Hall–Kier alpha value is -3.20. The van der Waals surface area contributed by atoms with E-state index in [1.165, 1.54) is 37.4 Å². The number of ether oxygens (including phenoxy) is 2. The zero-order chi connectivity index (χ0) is 19.4. The summed E-state index contributed by atoms with van der Waals surface area (Å²) in [6.07, 6.45) is 0. The number of esters is 1. The van der Waals surface area contributed by atoms with Gasteiger partial charge in [0.2, 0.25) is 0 Å². The molecule has 140 valence electrons. The molecule has 0 aliphatic heterocycles. The van der Waals surface area contributed by atoms with Gasteiger partial charge < -0.3 is 13.9 Å². The first-order valence-corrected chi connectivity index (χ1v) is 8.62. The second kappa shape index (κ2) is 8.00. The van der Waals surface area contributed by atoms with Crippen LogP contribution in [0.25, 0.3) is 0 Å². The predicted octanol–water partition coefficient (Wildman–Crippen LogP) is 3.80. The first kappa shape index (κ1) is 18.6. The van der Waals surface area contributed by atoms with Crippen molar-refractivity contribution in [3.63, 3.8) is 0 Å². The van der Waals surface area contributed by atoms with Crippen molar-refractivity contribution in [2.45, 2.75) is 13.5 Å². The SMILES string of the molecule is COC(=O)c1sc(NC(=O)c2ccc(COc3ccc(F)cc3)o2)nc1C. The summed E-state index contributed by atoms with van der Waals surface area (Å²) in [7, 11) is 1.28. The summed E-state index contributed by atoms with van der Waals surface area (Å²) in [4.78, 5) is 28.3. The minimum absolute atomic E-state index is 0.0696. The number of aromatic nitrogens is 1. The van der Waals surface area contributed by atoms with Gasteiger partial charge in [-0.3, -0.25) is 10.1 Å². The third-order valence-corrected chi connectivity index (χ3v) is 4.52. The molecule has 1 N–H and O–H groups in total. The number of nitrogens with zero attached hydrogens (tertiary/aromatic N) is 1. The summed E-state index contributed by atoms with van der Waals surface area (Å²) in [5.74, 6) is -0.397. The highest BCUT2D eigenvalue weighted by molar-refractivity contribution is 7.17. The molecule has 2 aromatic heterocycles. The van der Waals surface area contributed by atoms with E-state index in [-0.39, 0.29) is 23.3 Å². The largest absolute Gasteiger partial charge is 0.486 e. The lowest BCUT2D eigenvalue weighted by Gasteiger charge is -2.03. The van der Waals surface area contributed by atoms with E-state index in [4.69, 9.17) is 9.15 Å². The molecule has 1 aromatic carbocycles. The summed E-state index contributed by atoms with van der Waals surface area (Å²) >= 11 is 1.02. The smallest absolute Gasteiger partial charge is 0.350 e. The Morgan fingerprint density at radius 1 is 1.22 bits per heavy atom. The van der Waals surface area contributed by atoms with E-state index < -0.39 is 11.9 Å². The fourth-order valence-electron chi connectivity index (χ4n) is 2.15. The maximum atomic E-state index is 12.9. The summed E-state index contributed by atoms with van der Waals surface area (Å²) in [5, 5.41) is 2.84. The highest BCUT2D eigenvalue weighted by Crippen LogP contribution is 2.24. The van der Waals surface area contributed by atoms with Crippen molar-refractivity contribution in [3.05, 3.63) is 64.3 Å². The molecule has 0 unspecified atom stereocenters. The maximum absolute atomic E-state index is 12.9. The Balaban J connectivity index is 1.61. The molecular formula is C18H15FN2O5S. The van der Waals surface area contributed by atoms with Gasteiger partial charge in [0.15, 0.2) is 10.9 Å². The molecule has 0 saturated heterocycles. The van der Waals surface area contributed by atoms with Crippen molar-refractivity contribution in [1.29, 1.82) is 0 Å². The number of aryl methyl sites for hydroxylation is 1. The average molecular weight is 390 g/mol. The zero-order valence-electron chi connectivity index (χ0n) is 14.4. The number of amides is 1. The number of anilines is 1. The quantitative estimate of drug-likeness (QED) is 0.644. The van der Waals surface area contributed by atoms with Crippen molar-refractivity contribution >= 4 is 28.3 Å². The molecule has 0 atom stereocenters. The summed E-state index contributed by atoms with van der Waals surface area (Å²) in [6, 6.07) is 8.67. The number of carbonyl (C=O) groups excluding carboxylic acids is 2. The molecule has 0 radical (unpaired) electrons. The highest BCUT2D eigenvalue weighted by Gasteiger charge is 2.19. The lowest BCUT2D eigenvalue weighted by molar-refractivity contribution is 0.0605. The number of hydrogen-bond acceptors (Lipinski definition) is 7. The normalized spacial score (nSPS) is 10.5. The average Bonchev–Trinajstić information content (AvgIpc) is 3.27. The van der Waals surface area contributed by atoms with Crippen molar-refractivity contribution in [1.82, 2.24) is 4.98 Å². The van der Waals surface area contributed by atoms with Crippen molar-refractivity contribution < 1.29 is 27.9 Å². The van der Waals surface area contributed by atoms with E-state index in [0.717, 1.165) is 11.3 Å². The Morgan fingerprint density at radius 2 is 1.96 bits per heavy atom. The second-order valence-corrected chi connectivity index (χ2v) is 6.39. The molecule has 0 spiro atoms. The molecular weight excluding hydrogens is 375 g/mol. The minimum atomic E-state index is -0.510. The second-order valence-electron chi connectivity index (χ2n) is 5.39. The molecule has 0 fully saturated rings. The third-order valence-electron chi connectivity index (χ3n) is 3.47. The number of furan rings is 1. The van der Waals surface area contributed by atoms with Gasteiger partial charge in [-0.15, -0.1) is 0 Å². The fourth-order valence-corrected chi connectivity index (χ4v) is 3.03. The van der Waals surface area contributed by atoms with E-state index in [1.54, 1.807) is 13.0 Å². The Labute approximate surface area is 157 Å². The number of hydrogen-bond donors (Lipinski definition) is 1. The molecule has 0 aliphatic carbocycles. The van der Waals surface area contributed by atoms with Crippen LogP contribution in [-0.2, 0) is 11.3 Å². The van der Waals surface area contributed by atoms with Crippen LogP contribution in [0, 0.1) is 12.7 Å². The molecule has 3 aromatic rings. The number of thiazole rings is 1.